The summed E-state index contributed by atoms with van der Waals surface area (Å²) in [5.41, 5.74) is 13.9. The van der Waals surface area contributed by atoms with Crippen LogP contribution in [0.5, 0.6) is 0 Å². The van der Waals surface area contributed by atoms with Crippen molar-refractivity contribution in [1.82, 2.24) is 74.2 Å². The first-order valence-corrected chi connectivity index (χ1v) is 28.6. The SMILES string of the molecule is CCOC(OCC)OCC.CN1CCNCC1.Cc1cc2nc(Cl)c(CN)nc2cc1F.Cc1cc2nc(Cl)c(Cl)nc2cc1F.Cc1cc2nc(Cl)c3nncn3c2cc1F.Cc1cc2nc(N3CCN(C)CC3)c3nncn3c2cc1F.NN. The number of nitrogens with two attached hydrogens (primary N) is 3. The van der Waals surface area contributed by atoms with Crippen molar-refractivity contribution in [3.63, 3.8) is 0 Å². The second-order valence-electron chi connectivity index (χ2n) is 19.2. The van der Waals surface area contributed by atoms with Crippen LogP contribution in [0.15, 0.2) is 61.2 Å². The number of hydrazine groups is 1. The number of nitrogens with one attached hydrogen (secondary N) is 1. The lowest BCUT2D eigenvalue weighted by atomic mass is 10.2. The highest BCUT2D eigenvalue weighted by atomic mass is 35.5. The molecule has 2 aliphatic rings. The molecular weight excluding hydrogens is 1200 g/mol. The van der Waals surface area contributed by atoms with E-state index in [0.29, 0.717) is 97.7 Å². The van der Waals surface area contributed by atoms with E-state index >= 15 is 0 Å². The first kappa shape index (κ1) is 68.6. The molecule has 0 spiro atoms. The van der Waals surface area contributed by atoms with Crippen molar-refractivity contribution in [3.05, 3.63) is 133 Å². The molecule has 2 aliphatic heterocycles. The molecule has 0 amide bonds. The lowest BCUT2D eigenvalue weighted by Gasteiger charge is -2.33. The van der Waals surface area contributed by atoms with Gasteiger partial charge in [-0.3, -0.25) is 20.5 Å². The number of nitrogens with zero attached hydrogens (tertiary/aromatic N) is 15. The zero-order valence-electron chi connectivity index (χ0n) is 49.0. The van der Waals surface area contributed by atoms with E-state index in [1.807, 2.05) is 25.2 Å². The zero-order valence-corrected chi connectivity index (χ0v) is 52.0. The molecule has 4 aromatic carbocycles. The Kier molecular flexibility index (Phi) is 26.3. The maximum absolute atomic E-state index is 13.9. The summed E-state index contributed by atoms with van der Waals surface area (Å²) in [5.74, 6) is 7.67. The van der Waals surface area contributed by atoms with Gasteiger partial charge in [0.2, 0.25) is 5.65 Å². The largest absolute Gasteiger partial charge is 0.351 e. The van der Waals surface area contributed by atoms with Gasteiger partial charge in [-0.2, -0.15) is 0 Å². The smallest absolute Gasteiger partial charge is 0.271 e. The molecule has 0 bridgehead atoms. The van der Waals surface area contributed by atoms with E-state index in [9.17, 15) is 17.6 Å². The van der Waals surface area contributed by atoms with Crippen molar-refractivity contribution < 1.29 is 31.8 Å². The summed E-state index contributed by atoms with van der Waals surface area (Å²) in [7, 11) is 4.27. The molecule has 8 heterocycles. The Balaban J connectivity index is 0.000000169. The molecule has 6 aromatic heterocycles. The predicted octanol–water partition coefficient (Wildman–Crippen LogP) is 9.15. The molecule has 0 aliphatic carbocycles. The summed E-state index contributed by atoms with van der Waals surface area (Å²) in [6, 6.07) is 12.2. The number of aryl methyl sites for hydroxylation is 4. The molecule has 86 heavy (non-hydrogen) atoms. The molecule has 2 fully saturated rings. The molecular formula is C56H69Cl4F4N19O3. The van der Waals surface area contributed by atoms with E-state index < -0.39 is 6.48 Å². The van der Waals surface area contributed by atoms with Crippen molar-refractivity contribution in [2.45, 2.75) is 61.5 Å². The third kappa shape index (κ3) is 18.1. The van der Waals surface area contributed by atoms with Gasteiger partial charge in [0, 0.05) is 103 Å². The molecule has 462 valence electrons. The Hall–Kier alpha value is -6.50. The van der Waals surface area contributed by atoms with Crippen LogP contribution in [-0.2, 0) is 20.8 Å². The fourth-order valence-electron chi connectivity index (χ4n) is 8.34. The van der Waals surface area contributed by atoms with Crippen LogP contribution in [0.4, 0.5) is 23.4 Å². The Labute approximate surface area is 514 Å². The van der Waals surface area contributed by atoms with Crippen molar-refractivity contribution in [2.24, 2.45) is 17.4 Å². The van der Waals surface area contributed by atoms with Gasteiger partial charge in [-0.15, -0.1) is 20.4 Å². The van der Waals surface area contributed by atoms with Crippen molar-refractivity contribution in [3.8, 4) is 0 Å². The number of rotatable bonds is 8. The maximum atomic E-state index is 13.9. The first-order valence-electron chi connectivity index (χ1n) is 27.1. The van der Waals surface area contributed by atoms with Gasteiger partial charge in [0.25, 0.3) is 6.48 Å². The van der Waals surface area contributed by atoms with Gasteiger partial charge in [-0.05, 0) is 109 Å². The maximum Gasteiger partial charge on any atom is 0.271 e. The average molecular weight is 1270 g/mol. The van der Waals surface area contributed by atoms with Crippen LogP contribution >= 0.6 is 46.4 Å². The summed E-state index contributed by atoms with van der Waals surface area (Å²) in [6.07, 6.45) is 3.10. The predicted molar refractivity (Wildman–Crippen MR) is 329 cm³/mol. The second kappa shape index (κ2) is 33.0. The fourth-order valence-corrected chi connectivity index (χ4v) is 9.03. The Morgan fingerprint density at radius 1 is 0.500 bits per heavy atom. The molecule has 30 heteroatoms. The van der Waals surface area contributed by atoms with Crippen LogP contribution in [0.25, 0.3) is 55.4 Å². The van der Waals surface area contributed by atoms with Gasteiger partial charge in [-0.1, -0.05) is 46.4 Å². The van der Waals surface area contributed by atoms with Crippen LogP contribution in [-0.4, -0.2) is 162 Å². The van der Waals surface area contributed by atoms with E-state index in [-0.39, 0.29) is 50.4 Å². The van der Waals surface area contributed by atoms with Gasteiger partial charge in [0.1, 0.15) is 35.9 Å². The third-order valence-corrected chi connectivity index (χ3v) is 14.2. The highest BCUT2D eigenvalue weighted by Gasteiger charge is 2.21. The van der Waals surface area contributed by atoms with E-state index in [1.54, 1.807) is 62.7 Å². The van der Waals surface area contributed by atoms with Crippen LogP contribution in [0.3, 0.4) is 0 Å². The first-order chi connectivity index (χ1) is 41.2. The normalized spacial score (nSPS) is 13.5. The minimum absolute atomic E-state index is 0.0856. The Morgan fingerprint density at radius 2 is 0.884 bits per heavy atom. The second-order valence-corrected chi connectivity index (χ2v) is 20.6. The molecule has 2 saturated heterocycles. The molecule has 10 aromatic rings. The number of fused-ring (bicyclic) bond motifs is 8. The third-order valence-electron chi connectivity index (χ3n) is 13.0. The number of hydrogen-bond donors (Lipinski definition) is 4. The topological polar surface area (TPSA) is 265 Å². The van der Waals surface area contributed by atoms with Gasteiger partial charge in [0.15, 0.2) is 32.1 Å². The minimum atomic E-state index is -0.472. The highest BCUT2D eigenvalue weighted by Crippen LogP contribution is 2.28. The number of likely N-dealkylation sites (N-methyl/N-ethyl adjacent to an activating group) is 2. The number of benzene rings is 4. The lowest BCUT2D eigenvalue weighted by Crippen LogP contribution is -2.45. The number of hydrogen-bond acceptors (Lipinski definition) is 20. The van der Waals surface area contributed by atoms with Gasteiger partial charge in [0.05, 0.1) is 49.8 Å². The summed E-state index contributed by atoms with van der Waals surface area (Å²) < 4.78 is 72.4. The van der Waals surface area contributed by atoms with Crippen molar-refractivity contribution in [2.75, 3.05) is 91.2 Å². The van der Waals surface area contributed by atoms with Crippen molar-refractivity contribution in [1.29, 1.82) is 0 Å². The van der Waals surface area contributed by atoms with Gasteiger partial charge >= 0.3 is 0 Å². The molecule has 22 nitrogen and oxygen atoms in total. The summed E-state index contributed by atoms with van der Waals surface area (Å²) >= 11 is 23.1. The standard InChI is InChI=1S/C15H17FN6.C10H6ClFN4.C10H9ClFN3.C9H5Cl2FN2.C7H16O3.C5H12N2.H4N2/c1-10-7-12-13(8-11(10)16)22-9-17-19-15(22)14(18-12)21-5-3-20(2)4-6-21;1-5-2-7-8(3-6(5)12)16-4-13-15-10(16)9(11)14-7;1-5-2-7-8(3-6(5)12)14-9(4-13)10(11)15-7;1-4-2-6-7(3-5(4)12)14-9(11)8(10)13-6;1-4-8-7(9-5-2)10-6-3;1-7-4-2-6-3-5-7;1-2/h7-9H,3-6H2,1-2H3;2-4H,1H3;2-3H,4,13H2,1H3;2-3H,1H3;7H,4-6H2,1-3H3;6H,2-5H2,1H3;1-2H2. The molecule has 0 atom stereocenters. The monoisotopic (exact) mass is 1270 g/mol. The van der Waals surface area contributed by atoms with E-state index in [0.717, 1.165) is 50.6 Å². The average Bonchev–Trinajstić information content (AvgIpc) is 1.90. The van der Waals surface area contributed by atoms with Crippen LogP contribution in [0, 0.1) is 51.0 Å². The highest BCUT2D eigenvalue weighted by molar-refractivity contribution is 6.40. The Morgan fingerprint density at radius 3 is 1.34 bits per heavy atom. The van der Waals surface area contributed by atoms with E-state index in [4.69, 9.17) is 71.3 Å². The molecule has 0 radical (unpaired) electrons. The molecule has 7 N–H and O–H groups in total. The fraction of sp³-hybridized carbons (Fsp3) is 0.393. The Bertz CT molecular complexity index is 3750. The molecule has 0 unspecified atom stereocenters. The quantitative estimate of drug-likeness (QED) is 0.0478. The van der Waals surface area contributed by atoms with Crippen LogP contribution < -0.4 is 27.6 Å². The summed E-state index contributed by atoms with van der Waals surface area (Å²) in [5, 5.41) is 19.7. The van der Waals surface area contributed by atoms with E-state index in [1.165, 1.54) is 43.7 Å². The number of halogens is 8. The number of ether oxygens (including phenoxy) is 3. The molecule has 12 rings (SSSR count). The van der Waals surface area contributed by atoms with E-state index in [2.05, 4.69) is 91.1 Å². The zero-order chi connectivity index (χ0) is 62.8. The lowest BCUT2D eigenvalue weighted by molar-refractivity contribution is -0.282. The van der Waals surface area contributed by atoms with Crippen molar-refractivity contribution >= 4 is 108 Å². The summed E-state index contributed by atoms with van der Waals surface area (Å²) in [6.45, 7) is 22.6. The molecule has 0 saturated carbocycles. The number of piperazine rings is 2. The van der Waals surface area contributed by atoms with Gasteiger partial charge < -0.3 is 40.0 Å². The number of aromatic nitrogens is 12. The minimum Gasteiger partial charge on any atom is -0.351 e. The van der Waals surface area contributed by atoms with Crippen LogP contribution in [0.2, 0.25) is 20.6 Å². The van der Waals surface area contributed by atoms with Crippen LogP contribution in [0.1, 0.15) is 48.7 Å². The number of anilines is 1. The summed E-state index contributed by atoms with van der Waals surface area (Å²) in [4.78, 5) is 31.9. The van der Waals surface area contributed by atoms with Gasteiger partial charge in [-0.25, -0.2) is 47.5 Å².